The first-order valence-corrected chi connectivity index (χ1v) is 12.0. The lowest BCUT2D eigenvalue weighted by Crippen LogP contribution is -2.32. The third-order valence-electron chi connectivity index (χ3n) is 6.00. The summed E-state index contributed by atoms with van der Waals surface area (Å²) in [5, 5.41) is 25.1. The van der Waals surface area contributed by atoms with E-state index in [9.17, 15) is 9.90 Å². The number of amides is 1. The minimum Gasteiger partial charge on any atom is -0.492 e. The van der Waals surface area contributed by atoms with Crippen LogP contribution >= 0.6 is 11.6 Å². The summed E-state index contributed by atoms with van der Waals surface area (Å²) >= 11 is 6.26. The fraction of sp³-hybridized carbons (Fsp3) is 0.231. The van der Waals surface area contributed by atoms with Crippen LogP contribution in [0.4, 0.5) is 5.69 Å². The van der Waals surface area contributed by atoms with E-state index in [1.807, 2.05) is 41.0 Å². The highest BCUT2D eigenvalue weighted by Crippen LogP contribution is 2.37. The number of aliphatic hydroxyl groups is 1. The molecule has 0 saturated heterocycles. The van der Waals surface area contributed by atoms with Crippen LogP contribution in [0.15, 0.2) is 67.0 Å². The SMILES string of the molecule is O=C(N[C@@H]1CCOc2c(Cl)cccc21)c1cccc(NCc2nnc(-c3ccncc3)n2CCO)c1. The number of aliphatic hydroxyl groups excluding tert-OH is 1. The number of para-hydroxylation sites is 1. The van der Waals surface area contributed by atoms with Gasteiger partial charge in [-0.1, -0.05) is 29.8 Å². The minimum absolute atomic E-state index is 0.0423. The minimum atomic E-state index is -0.181. The van der Waals surface area contributed by atoms with Gasteiger partial charge in [-0.25, -0.2) is 0 Å². The lowest BCUT2D eigenvalue weighted by Gasteiger charge is -2.27. The molecule has 0 spiro atoms. The van der Waals surface area contributed by atoms with Crippen LogP contribution in [0, 0.1) is 0 Å². The molecule has 1 amide bonds. The number of anilines is 1. The van der Waals surface area contributed by atoms with E-state index in [1.54, 1.807) is 30.6 Å². The molecule has 2 aromatic heterocycles. The van der Waals surface area contributed by atoms with Crippen LogP contribution in [-0.2, 0) is 13.1 Å². The molecule has 10 heteroatoms. The third kappa shape index (κ3) is 5.02. The Labute approximate surface area is 213 Å². The van der Waals surface area contributed by atoms with Gasteiger partial charge in [-0.05, 0) is 36.4 Å². The third-order valence-corrected chi connectivity index (χ3v) is 6.29. The van der Waals surface area contributed by atoms with E-state index in [2.05, 4.69) is 25.8 Å². The van der Waals surface area contributed by atoms with Gasteiger partial charge in [-0.2, -0.15) is 0 Å². The lowest BCUT2D eigenvalue weighted by molar-refractivity contribution is 0.0925. The molecule has 1 atom stereocenters. The average Bonchev–Trinajstić information content (AvgIpc) is 3.31. The number of rotatable bonds is 8. The first kappa shape index (κ1) is 23.8. The van der Waals surface area contributed by atoms with Crippen LogP contribution < -0.4 is 15.4 Å². The molecule has 0 saturated carbocycles. The zero-order valence-corrected chi connectivity index (χ0v) is 20.2. The van der Waals surface area contributed by atoms with Crippen LogP contribution in [0.1, 0.15) is 34.2 Å². The molecule has 2 aromatic carbocycles. The highest BCUT2D eigenvalue weighted by molar-refractivity contribution is 6.32. The van der Waals surface area contributed by atoms with Crippen LogP contribution in [0.5, 0.6) is 5.75 Å². The van der Waals surface area contributed by atoms with Crippen molar-refractivity contribution in [2.24, 2.45) is 0 Å². The first-order valence-electron chi connectivity index (χ1n) is 11.6. The van der Waals surface area contributed by atoms with E-state index in [0.29, 0.717) is 54.1 Å². The fourth-order valence-electron chi connectivity index (χ4n) is 4.25. The number of halogens is 1. The van der Waals surface area contributed by atoms with Crippen molar-refractivity contribution in [1.82, 2.24) is 25.1 Å². The molecule has 0 bridgehead atoms. The molecule has 1 aliphatic heterocycles. The van der Waals surface area contributed by atoms with Crippen molar-refractivity contribution in [2.45, 2.75) is 25.6 Å². The van der Waals surface area contributed by atoms with Crippen LogP contribution in [0.2, 0.25) is 5.02 Å². The normalized spacial score (nSPS) is 14.6. The summed E-state index contributed by atoms with van der Waals surface area (Å²) < 4.78 is 7.56. The van der Waals surface area contributed by atoms with E-state index in [0.717, 1.165) is 16.8 Å². The first-order chi connectivity index (χ1) is 17.6. The highest BCUT2D eigenvalue weighted by Gasteiger charge is 2.25. The van der Waals surface area contributed by atoms with E-state index in [-0.39, 0.29) is 18.6 Å². The van der Waals surface area contributed by atoms with Gasteiger partial charge in [0.25, 0.3) is 5.91 Å². The number of aromatic nitrogens is 4. The molecule has 3 N–H and O–H groups in total. The Morgan fingerprint density at radius 3 is 2.81 bits per heavy atom. The predicted molar refractivity (Wildman–Crippen MR) is 136 cm³/mol. The number of nitrogens with one attached hydrogen (secondary N) is 2. The van der Waals surface area contributed by atoms with Crippen LogP contribution in [-0.4, -0.2) is 44.0 Å². The van der Waals surface area contributed by atoms with Crippen LogP contribution in [0.3, 0.4) is 0 Å². The van der Waals surface area contributed by atoms with E-state index < -0.39 is 0 Å². The largest absolute Gasteiger partial charge is 0.492 e. The van der Waals surface area contributed by atoms with Crippen molar-refractivity contribution >= 4 is 23.2 Å². The molecule has 0 unspecified atom stereocenters. The van der Waals surface area contributed by atoms with E-state index >= 15 is 0 Å². The number of nitrogens with zero attached hydrogens (tertiary/aromatic N) is 4. The summed E-state index contributed by atoms with van der Waals surface area (Å²) in [5.74, 6) is 1.78. The summed E-state index contributed by atoms with van der Waals surface area (Å²) in [6, 6.07) is 16.4. The van der Waals surface area contributed by atoms with Crippen molar-refractivity contribution in [3.05, 3.63) is 89.0 Å². The maximum Gasteiger partial charge on any atom is 0.251 e. The zero-order valence-electron chi connectivity index (χ0n) is 19.4. The Bertz CT molecular complexity index is 1360. The Hall–Kier alpha value is -3.95. The average molecular weight is 505 g/mol. The summed E-state index contributed by atoms with van der Waals surface area (Å²) in [7, 11) is 0. The van der Waals surface area contributed by atoms with Gasteiger partial charge in [0.1, 0.15) is 5.75 Å². The standard InChI is InChI=1S/C26H25ClN6O3/c27-21-6-2-5-20-22(9-14-36-24(20)21)30-26(35)18-3-1-4-19(15-18)29-16-23-31-32-25(33(23)12-13-34)17-7-10-28-11-8-17/h1-8,10-11,15,22,29,34H,9,12-14,16H2,(H,30,35)/t22-/m1/s1. The number of carbonyl (C=O) groups excluding carboxylic acids is 1. The van der Waals surface area contributed by atoms with Crippen molar-refractivity contribution in [3.63, 3.8) is 0 Å². The van der Waals surface area contributed by atoms with Crippen molar-refractivity contribution in [1.29, 1.82) is 0 Å². The maximum absolute atomic E-state index is 13.1. The number of hydrogen-bond acceptors (Lipinski definition) is 7. The van der Waals surface area contributed by atoms with Gasteiger partial charge < -0.3 is 25.0 Å². The van der Waals surface area contributed by atoms with Crippen molar-refractivity contribution < 1.29 is 14.6 Å². The van der Waals surface area contributed by atoms with E-state index in [1.165, 1.54) is 0 Å². The quantitative estimate of drug-likeness (QED) is 0.334. The van der Waals surface area contributed by atoms with Gasteiger partial charge in [0.15, 0.2) is 11.6 Å². The second kappa shape index (κ2) is 10.8. The van der Waals surface area contributed by atoms with Crippen molar-refractivity contribution in [2.75, 3.05) is 18.5 Å². The maximum atomic E-state index is 13.1. The molecule has 9 nitrogen and oxygen atoms in total. The molecule has 1 aliphatic rings. The molecule has 3 heterocycles. The Morgan fingerprint density at radius 1 is 1.14 bits per heavy atom. The highest BCUT2D eigenvalue weighted by atomic mass is 35.5. The Kier molecular flexibility index (Phi) is 7.11. The molecular weight excluding hydrogens is 480 g/mol. The predicted octanol–water partition coefficient (Wildman–Crippen LogP) is 3.85. The van der Waals surface area contributed by atoms with Gasteiger partial charge in [-0.3, -0.25) is 9.78 Å². The monoisotopic (exact) mass is 504 g/mol. The molecule has 0 fully saturated rings. The number of hydrogen-bond donors (Lipinski definition) is 3. The topological polar surface area (TPSA) is 114 Å². The molecule has 36 heavy (non-hydrogen) atoms. The van der Waals surface area contributed by atoms with Crippen molar-refractivity contribution in [3.8, 4) is 17.1 Å². The molecular formula is C26H25ClN6O3. The Balaban J connectivity index is 1.29. The lowest BCUT2D eigenvalue weighted by atomic mass is 10.00. The number of benzene rings is 2. The van der Waals surface area contributed by atoms with E-state index in [4.69, 9.17) is 16.3 Å². The van der Waals surface area contributed by atoms with Gasteiger partial charge in [0.05, 0.1) is 30.8 Å². The second-order valence-corrected chi connectivity index (χ2v) is 8.71. The fourth-order valence-corrected chi connectivity index (χ4v) is 4.48. The summed E-state index contributed by atoms with van der Waals surface area (Å²) in [4.78, 5) is 17.1. The molecule has 0 aliphatic carbocycles. The number of pyridine rings is 1. The number of ether oxygens (including phenoxy) is 1. The second-order valence-electron chi connectivity index (χ2n) is 8.31. The van der Waals surface area contributed by atoms with Crippen LogP contribution in [0.25, 0.3) is 11.4 Å². The molecule has 184 valence electrons. The van der Waals surface area contributed by atoms with Gasteiger partial charge in [0.2, 0.25) is 0 Å². The Morgan fingerprint density at radius 2 is 1.97 bits per heavy atom. The summed E-state index contributed by atoms with van der Waals surface area (Å²) in [6.45, 7) is 1.17. The van der Waals surface area contributed by atoms with Gasteiger partial charge in [-0.15, -0.1) is 10.2 Å². The number of carbonyl (C=O) groups is 1. The summed E-state index contributed by atoms with van der Waals surface area (Å²) in [6.07, 6.45) is 4.04. The number of fused-ring (bicyclic) bond motifs is 1. The van der Waals surface area contributed by atoms with Gasteiger partial charge in [0, 0.05) is 47.7 Å². The smallest absolute Gasteiger partial charge is 0.251 e. The molecule has 0 radical (unpaired) electrons. The van der Waals surface area contributed by atoms with Gasteiger partial charge >= 0.3 is 0 Å². The zero-order chi connectivity index (χ0) is 24.9. The summed E-state index contributed by atoms with van der Waals surface area (Å²) in [5.41, 5.74) is 3.04. The molecule has 4 aromatic rings. The molecule has 5 rings (SSSR count).